The highest BCUT2D eigenvalue weighted by molar-refractivity contribution is 6.31. The minimum Gasteiger partial charge on any atom is -0.336 e. The lowest BCUT2D eigenvalue weighted by molar-refractivity contribution is 0.0663. The molecule has 0 unspecified atom stereocenters. The molecule has 1 aliphatic rings. The molecule has 0 saturated carbocycles. The van der Waals surface area contributed by atoms with Gasteiger partial charge in [0.15, 0.2) is 0 Å². The molecule has 5 nitrogen and oxygen atoms in total. The van der Waals surface area contributed by atoms with Crippen molar-refractivity contribution in [1.82, 2.24) is 19.2 Å². The third-order valence-electron chi connectivity index (χ3n) is 5.89. The van der Waals surface area contributed by atoms with Crippen molar-refractivity contribution >= 4 is 34.8 Å². The third-order valence-corrected chi connectivity index (χ3v) is 6.40. The molecule has 0 spiro atoms. The van der Waals surface area contributed by atoms with E-state index in [1.807, 2.05) is 76.2 Å². The number of amides is 1. The van der Waals surface area contributed by atoms with Crippen LogP contribution in [0.4, 0.5) is 0 Å². The summed E-state index contributed by atoms with van der Waals surface area (Å²) in [6, 6.07) is 19.1. The molecule has 0 bridgehead atoms. The number of hydrogen-bond donors (Lipinski definition) is 0. The van der Waals surface area contributed by atoms with Crippen LogP contribution in [0.1, 0.15) is 10.4 Å². The SMILES string of the molecule is CN1CCN(C(=O)c2ccc3nc(-c4ccc(Cl)cc4)c(-c4ccc(Cl)cc4)n3c2)CC1. The zero-order valence-electron chi connectivity index (χ0n) is 17.6. The number of likely N-dealkylation sites (N-methyl/N-ethyl adjacent to an activating group) is 1. The van der Waals surface area contributed by atoms with E-state index < -0.39 is 0 Å². The molecular formula is C25H22Cl2N4O. The summed E-state index contributed by atoms with van der Waals surface area (Å²) < 4.78 is 2.00. The summed E-state index contributed by atoms with van der Waals surface area (Å²) in [7, 11) is 2.08. The predicted molar refractivity (Wildman–Crippen MR) is 129 cm³/mol. The zero-order chi connectivity index (χ0) is 22.2. The molecule has 0 aliphatic carbocycles. The monoisotopic (exact) mass is 464 g/mol. The molecule has 5 rings (SSSR count). The molecule has 1 amide bonds. The predicted octanol–water partition coefficient (Wildman–Crippen LogP) is 5.36. The molecule has 32 heavy (non-hydrogen) atoms. The highest BCUT2D eigenvalue weighted by Crippen LogP contribution is 2.34. The number of benzene rings is 2. The molecule has 7 heteroatoms. The van der Waals surface area contributed by atoms with Gasteiger partial charge >= 0.3 is 0 Å². The molecule has 1 saturated heterocycles. The van der Waals surface area contributed by atoms with Crippen LogP contribution >= 0.6 is 23.2 Å². The van der Waals surface area contributed by atoms with E-state index in [9.17, 15) is 4.79 Å². The van der Waals surface area contributed by atoms with Crippen LogP contribution in [0.3, 0.4) is 0 Å². The summed E-state index contributed by atoms with van der Waals surface area (Å²) in [5.74, 6) is 0.0452. The van der Waals surface area contributed by atoms with Gasteiger partial charge in [0.25, 0.3) is 5.91 Å². The van der Waals surface area contributed by atoms with Gasteiger partial charge in [0.1, 0.15) is 5.65 Å². The number of halogens is 2. The van der Waals surface area contributed by atoms with Crippen molar-refractivity contribution in [3.05, 3.63) is 82.5 Å². The molecule has 2 aromatic carbocycles. The lowest BCUT2D eigenvalue weighted by Gasteiger charge is -2.32. The van der Waals surface area contributed by atoms with Crippen molar-refractivity contribution in [2.75, 3.05) is 33.2 Å². The fourth-order valence-corrected chi connectivity index (χ4v) is 4.31. The number of fused-ring (bicyclic) bond motifs is 1. The van der Waals surface area contributed by atoms with Crippen molar-refractivity contribution in [2.24, 2.45) is 0 Å². The Labute approximate surface area is 196 Å². The molecule has 0 radical (unpaired) electrons. The van der Waals surface area contributed by atoms with Gasteiger partial charge in [-0.25, -0.2) is 4.98 Å². The molecule has 0 N–H and O–H groups in total. The van der Waals surface area contributed by atoms with Gasteiger partial charge in [0.05, 0.1) is 17.0 Å². The first-order valence-corrected chi connectivity index (χ1v) is 11.3. The summed E-state index contributed by atoms with van der Waals surface area (Å²) in [6.45, 7) is 3.24. The largest absolute Gasteiger partial charge is 0.336 e. The first-order valence-electron chi connectivity index (χ1n) is 10.5. The molecule has 1 aliphatic heterocycles. The first-order chi connectivity index (χ1) is 15.5. The van der Waals surface area contributed by atoms with E-state index in [2.05, 4.69) is 11.9 Å². The maximum Gasteiger partial charge on any atom is 0.255 e. The van der Waals surface area contributed by atoms with Crippen LogP contribution in [0, 0.1) is 0 Å². The minimum atomic E-state index is 0.0452. The number of aromatic nitrogens is 2. The first kappa shape index (κ1) is 21.0. The molecule has 2 aromatic heterocycles. The zero-order valence-corrected chi connectivity index (χ0v) is 19.1. The molecular weight excluding hydrogens is 443 g/mol. The number of hydrogen-bond acceptors (Lipinski definition) is 3. The molecule has 1 fully saturated rings. The van der Waals surface area contributed by atoms with Gasteiger partial charge in [-0.15, -0.1) is 0 Å². The maximum absolute atomic E-state index is 13.2. The van der Waals surface area contributed by atoms with E-state index >= 15 is 0 Å². The average molecular weight is 465 g/mol. The van der Waals surface area contributed by atoms with Crippen molar-refractivity contribution in [3.63, 3.8) is 0 Å². The second-order valence-corrected chi connectivity index (χ2v) is 8.94. The number of imidazole rings is 1. The second kappa shape index (κ2) is 8.58. The molecule has 0 atom stereocenters. The summed E-state index contributed by atoms with van der Waals surface area (Å²) in [6.07, 6.45) is 1.90. The Morgan fingerprint density at radius 3 is 2.03 bits per heavy atom. The van der Waals surface area contributed by atoms with Crippen LogP contribution in [0.25, 0.3) is 28.2 Å². The van der Waals surface area contributed by atoms with Crippen LogP contribution in [0.5, 0.6) is 0 Å². The molecule has 4 aromatic rings. The number of carbonyl (C=O) groups excluding carboxylic acids is 1. The maximum atomic E-state index is 13.2. The van der Waals surface area contributed by atoms with Gasteiger partial charge in [-0.05, 0) is 43.4 Å². The van der Waals surface area contributed by atoms with E-state index in [0.29, 0.717) is 15.6 Å². The lowest BCUT2D eigenvalue weighted by atomic mass is 10.0. The smallest absolute Gasteiger partial charge is 0.255 e. The van der Waals surface area contributed by atoms with E-state index in [1.165, 1.54) is 0 Å². The van der Waals surface area contributed by atoms with Gasteiger partial charge in [-0.3, -0.25) is 9.20 Å². The Morgan fingerprint density at radius 2 is 1.41 bits per heavy atom. The van der Waals surface area contributed by atoms with Crippen molar-refractivity contribution in [3.8, 4) is 22.5 Å². The number of pyridine rings is 1. The van der Waals surface area contributed by atoms with Crippen LogP contribution in [-0.4, -0.2) is 58.3 Å². The van der Waals surface area contributed by atoms with Crippen molar-refractivity contribution < 1.29 is 4.79 Å². The average Bonchev–Trinajstić information content (AvgIpc) is 3.19. The molecule has 3 heterocycles. The van der Waals surface area contributed by atoms with Gasteiger partial charge < -0.3 is 9.80 Å². The summed E-state index contributed by atoms with van der Waals surface area (Å²) >= 11 is 12.2. The van der Waals surface area contributed by atoms with E-state index in [-0.39, 0.29) is 5.91 Å². The van der Waals surface area contributed by atoms with Gasteiger partial charge in [0, 0.05) is 53.5 Å². The number of piperazine rings is 1. The van der Waals surface area contributed by atoms with Crippen molar-refractivity contribution in [1.29, 1.82) is 0 Å². The fourth-order valence-electron chi connectivity index (χ4n) is 4.06. The quantitative estimate of drug-likeness (QED) is 0.409. The van der Waals surface area contributed by atoms with Crippen LogP contribution < -0.4 is 0 Å². The topological polar surface area (TPSA) is 40.8 Å². The Bertz CT molecular complexity index is 1270. The van der Waals surface area contributed by atoms with Gasteiger partial charge in [-0.1, -0.05) is 47.5 Å². The van der Waals surface area contributed by atoms with Crippen molar-refractivity contribution in [2.45, 2.75) is 0 Å². The highest BCUT2D eigenvalue weighted by Gasteiger charge is 2.22. The highest BCUT2D eigenvalue weighted by atomic mass is 35.5. The Balaban J connectivity index is 1.64. The Kier molecular flexibility index (Phi) is 5.64. The summed E-state index contributed by atoms with van der Waals surface area (Å²) in [5, 5.41) is 1.34. The van der Waals surface area contributed by atoms with Gasteiger partial charge in [-0.2, -0.15) is 0 Å². The van der Waals surface area contributed by atoms with E-state index in [0.717, 1.165) is 54.3 Å². The number of carbonyl (C=O) groups is 1. The normalized spacial score (nSPS) is 14.8. The standard InChI is InChI=1S/C25H22Cl2N4O/c1-29-12-14-30(15-13-29)25(32)19-6-11-22-28-23(17-2-7-20(26)8-3-17)24(31(22)16-19)18-4-9-21(27)10-5-18/h2-11,16H,12-15H2,1H3. The summed E-state index contributed by atoms with van der Waals surface area (Å²) in [5.41, 5.74) is 5.08. The van der Waals surface area contributed by atoms with Crippen LogP contribution in [0.15, 0.2) is 66.9 Å². The molecule has 162 valence electrons. The van der Waals surface area contributed by atoms with Crippen LogP contribution in [-0.2, 0) is 0 Å². The van der Waals surface area contributed by atoms with E-state index in [4.69, 9.17) is 28.2 Å². The van der Waals surface area contributed by atoms with Crippen LogP contribution in [0.2, 0.25) is 10.0 Å². The minimum absolute atomic E-state index is 0.0452. The lowest BCUT2D eigenvalue weighted by Crippen LogP contribution is -2.47. The fraction of sp³-hybridized carbons (Fsp3) is 0.200. The number of nitrogens with zero attached hydrogens (tertiary/aromatic N) is 4. The second-order valence-electron chi connectivity index (χ2n) is 8.06. The Morgan fingerprint density at radius 1 is 0.812 bits per heavy atom. The summed E-state index contributed by atoms with van der Waals surface area (Å²) in [4.78, 5) is 22.2. The number of rotatable bonds is 3. The van der Waals surface area contributed by atoms with Gasteiger partial charge in [0.2, 0.25) is 0 Å². The Hall–Kier alpha value is -2.86. The third kappa shape index (κ3) is 3.99. The van der Waals surface area contributed by atoms with E-state index in [1.54, 1.807) is 0 Å².